The third-order valence-electron chi connectivity index (χ3n) is 9.21. The molecule has 0 aliphatic heterocycles. The van der Waals surface area contributed by atoms with E-state index in [2.05, 4.69) is 62.8 Å². The van der Waals surface area contributed by atoms with Gasteiger partial charge in [0.05, 0.1) is 6.10 Å². The second-order valence-electron chi connectivity index (χ2n) is 10.9. The van der Waals surface area contributed by atoms with E-state index in [0.29, 0.717) is 17.3 Å². The van der Waals surface area contributed by atoms with Gasteiger partial charge in [-0.05, 0) is 105 Å². The summed E-state index contributed by atoms with van der Waals surface area (Å²) in [6.45, 7) is 11.1. The minimum Gasteiger partial charge on any atom is -0.393 e. The lowest BCUT2D eigenvalue weighted by atomic mass is 9.47. The highest BCUT2D eigenvalue weighted by Crippen LogP contribution is 2.65. The Morgan fingerprint density at radius 3 is 2.44 bits per heavy atom. The first-order valence-electron chi connectivity index (χ1n) is 12.5. The first-order chi connectivity index (χ1) is 16.2. The number of benzene rings is 1. The molecule has 0 aromatic heterocycles. The van der Waals surface area contributed by atoms with Gasteiger partial charge in [-0.2, -0.15) is 0 Å². The SMILES string of the molecule is C=O.CC1CCC2C3CCC4=CC(=O)C=CC4(C)C3C(O)CC12C.CNSc1ccc(C)cc1. The lowest BCUT2D eigenvalue weighted by Crippen LogP contribution is -2.55. The largest absolute Gasteiger partial charge is 0.393 e. The zero-order valence-corrected chi connectivity index (χ0v) is 22.2. The summed E-state index contributed by atoms with van der Waals surface area (Å²) in [5.41, 5.74) is 2.77. The van der Waals surface area contributed by atoms with Crippen LogP contribution in [0.15, 0.2) is 53.0 Å². The average Bonchev–Trinajstić information content (AvgIpc) is 3.11. The van der Waals surface area contributed by atoms with Crippen LogP contribution in [0.4, 0.5) is 0 Å². The van der Waals surface area contributed by atoms with Crippen LogP contribution in [-0.4, -0.2) is 30.8 Å². The number of fused-ring (bicyclic) bond motifs is 5. The summed E-state index contributed by atoms with van der Waals surface area (Å²) in [7, 11) is 1.92. The highest BCUT2D eigenvalue weighted by Gasteiger charge is 2.60. The fourth-order valence-electron chi connectivity index (χ4n) is 7.30. The molecule has 7 atom stereocenters. The van der Waals surface area contributed by atoms with E-state index in [9.17, 15) is 9.90 Å². The number of nitrogens with one attached hydrogen (secondary N) is 1. The van der Waals surface area contributed by atoms with Crippen molar-refractivity contribution in [3.05, 3.63) is 53.6 Å². The standard InChI is InChI=1S/C20H28O2.C8H11NS.CH2O/c1-12-4-7-16-15-6-5-13-10-14(21)8-9-19(13,2)18(15)17(22)11-20(12,16)3;1-7-3-5-8(6-4-7)10-9-2;1-2/h8-10,12,15-18,22H,4-7,11H2,1-3H3;3-6,9H,1-2H3;1H2. The Hall–Kier alpha value is -1.69. The van der Waals surface area contributed by atoms with Crippen molar-refractivity contribution in [2.45, 2.75) is 70.8 Å². The van der Waals surface area contributed by atoms with E-state index >= 15 is 0 Å². The average molecular weight is 484 g/mol. The number of aryl methyl sites for hydroxylation is 1. The highest BCUT2D eigenvalue weighted by atomic mass is 32.2. The number of aliphatic hydroxyl groups is 1. The van der Waals surface area contributed by atoms with Crippen LogP contribution in [0, 0.1) is 41.4 Å². The zero-order chi connectivity index (χ0) is 25.1. The van der Waals surface area contributed by atoms with Gasteiger partial charge in [0.2, 0.25) is 0 Å². The van der Waals surface area contributed by atoms with E-state index in [1.165, 1.54) is 28.9 Å². The van der Waals surface area contributed by atoms with E-state index in [-0.39, 0.29) is 17.3 Å². The Bertz CT molecular complexity index is 926. The van der Waals surface area contributed by atoms with E-state index in [0.717, 1.165) is 31.1 Å². The van der Waals surface area contributed by atoms with Crippen LogP contribution in [0.5, 0.6) is 0 Å². The van der Waals surface area contributed by atoms with Crippen LogP contribution in [-0.2, 0) is 9.59 Å². The summed E-state index contributed by atoms with van der Waals surface area (Å²) in [5.74, 6) is 2.50. The second kappa shape index (κ2) is 10.9. The second-order valence-corrected chi connectivity index (χ2v) is 12.0. The summed E-state index contributed by atoms with van der Waals surface area (Å²) in [5, 5.41) is 11.1. The van der Waals surface area contributed by atoms with Gasteiger partial charge in [0.1, 0.15) is 6.79 Å². The van der Waals surface area contributed by atoms with Crippen molar-refractivity contribution in [3.63, 3.8) is 0 Å². The minimum absolute atomic E-state index is 0.108. The molecule has 0 radical (unpaired) electrons. The zero-order valence-electron chi connectivity index (χ0n) is 21.3. The molecule has 4 aliphatic carbocycles. The molecule has 0 spiro atoms. The van der Waals surface area contributed by atoms with Gasteiger partial charge < -0.3 is 9.90 Å². The number of carbonyl (C=O) groups is 2. The number of hydrogen-bond donors (Lipinski definition) is 2. The lowest BCUT2D eigenvalue weighted by molar-refractivity contribution is -0.117. The Labute approximate surface area is 209 Å². The highest BCUT2D eigenvalue weighted by molar-refractivity contribution is 7.97. The molecule has 5 heteroatoms. The lowest BCUT2D eigenvalue weighted by Gasteiger charge is -2.58. The van der Waals surface area contributed by atoms with Crippen LogP contribution in [0.2, 0.25) is 0 Å². The van der Waals surface area contributed by atoms with Crippen molar-refractivity contribution in [1.82, 2.24) is 4.72 Å². The summed E-state index contributed by atoms with van der Waals surface area (Å²) in [6.07, 6.45) is 11.2. The van der Waals surface area contributed by atoms with E-state index < -0.39 is 0 Å². The number of aliphatic hydroxyl groups excluding tert-OH is 1. The molecule has 1 aromatic carbocycles. The third kappa shape index (κ3) is 4.98. The maximum Gasteiger partial charge on any atom is 0.178 e. The molecule has 4 nitrogen and oxygen atoms in total. The van der Waals surface area contributed by atoms with Crippen molar-refractivity contribution in [2.75, 3.05) is 7.05 Å². The first-order valence-corrected chi connectivity index (χ1v) is 13.3. The molecule has 3 saturated carbocycles. The molecule has 0 bridgehead atoms. The molecule has 5 rings (SSSR count). The molecular weight excluding hydrogens is 442 g/mol. The Balaban J connectivity index is 0.000000228. The number of ketones is 1. The first kappa shape index (κ1) is 26.9. The van der Waals surface area contributed by atoms with E-state index in [1.54, 1.807) is 18.0 Å². The summed E-state index contributed by atoms with van der Waals surface area (Å²) in [4.78, 5) is 21.0. The van der Waals surface area contributed by atoms with E-state index in [4.69, 9.17) is 4.79 Å². The summed E-state index contributed by atoms with van der Waals surface area (Å²) in [6, 6.07) is 8.44. The molecule has 1 aromatic rings. The number of rotatable bonds is 2. The van der Waals surface area contributed by atoms with Crippen LogP contribution < -0.4 is 4.72 Å². The molecule has 0 saturated heterocycles. The van der Waals surface area contributed by atoms with Crippen molar-refractivity contribution in [2.24, 2.45) is 34.5 Å². The summed E-state index contributed by atoms with van der Waals surface area (Å²) >= 11 is 1.63. The van der Waals surface area contributed by atoms with Gasteiger partial charge in [-0.1, -0.05) is 50.1 Å². The van der Waals surface area contributed by atoms with Crippen molar-refractivity contribution in [3.8, 4) is 0 Å². The topological polar surface area (TPSA) is 66.4 Å². The Morgan fingerprint density at radius 2 is 1.79 bits per heavy atom. The minimum atomic E-state index is -0.238. The van der Waals surface area contributed by atoms with Crippen LogP contribution in [0.25, 0.3) is 0 Å². The van der Waals surface area contributed by atoms with Gasteiger partial charge in [-0.3, -0.25) is 9.52 Å². The third-order valence-corrected chi connectivity index (χ3v) is 9.92. The van der Waals surface area contributed by atoms with Crippen LogP contribution in [0.1, 0.15) is 58.4 Å². The fraction of sp³-hybridized carbons (Fsp3) is 0.586. The smallest absolute Gasteiger partial charge is 0.178 e. The van der Waals surface area contributed by atoms with Crippen LogP contribution in [0.3, 0.4) is 0 Å². The molecular formula is C29H41NO3S. The quantitative estimate of drug-likeness (QED) is 0.510. The van der Waals surface area contributed by atoms with Crippen LogP contribution >= 0.6 is 11.9 Å². The molecule has 0 heterocycles. The number of allylic oxidation sites excluding steroid dienone is 4. The Kier molecular flexibility index (Phi) is 8.65. The monoisotopic (exact) mass is 483 g/mol. The normalized spacial score (nSPS) is 37.6. The maximum atomic E-state index is 11.8. The number of hydrogen-bond acceptors (Lipinski definition) is 5. The van der Waals surface area contributed by atoms with Crippen molar-refractivity contribution < 1.29 is 14.7 Å². The predicted molar refractivity (Wildman–Crippen MR) is 140 cm³/mol. The van der Waals surface area contributed by atoms with Gasteiger partial charge in [0, 0.05) is 16.2 Å². The van der Waals surface area contributed by atoms with Gasteiger partial charge in [-0.15, -0.1) is 0 Å². The van der Waals surface area contributed by atoms with Gasteiger partial charge >= 0.3 is 0 Å². The number of carbonyl (C=O) groups excluding carboxylic acids is 2. The summed E-state index contributed by atoms with van der Waals surface area (Å²) < 4.78 is 3.02. The molecule has 34 heavy (non-hydrogen) atoms. The van der Waals surface area contributed by atoms with Crippen molar-refractivity contribution >= 4 is 24.5 Å². The molecule has 3 fully saturated rings. The van der Waals surface area contributed by atoms with Crippen molar-refractivity contribution in [1.29, 1.82) is 0 Å². The molecule has 7 unspecified atom stereocenters. The van der Waals surface area contributed by atoms with E-state index in [1.807, 2.05) is 19.9 Å². The fourth-order valence-corrected chi connectivity index (χ4v) is 7.81. The molecule has 4 aliphatic rings. The van der Waals surface area contributed by atoms with Gasteiger partial charge in [0.25, 0.3) is 0 Å². The van der Waals surface area contributed by atoms with Gasteiger partial charge in [0.15, 0.2) is 5.78 Å². The predicted octanol–water partition coefficient (Wildman–Crippen LogP) is 5.94. The maximum absolute atomic E-state index is 11.8. The molecule has 186 valence electrons. The molecule has 2 N–H and O–H groups in total. The van der Waals surface area contributed by atoms with Gasteiger partial charge in [-0.25, -0.2) is 0 Å². The Morgan fingerprint density at radius 1 is 1.12 bits per heavy atom. The molecule has 0 amide bonds.